The number of hydrogen-bond acceptors (Lipinski definition) is 7. The SMILES string of the molecule is Nc1cc(C2CC3CCC(C2)N3C(=O)c2ncn[nH]2)nc2c(-c3cccc4[nH]ncc34)cnn12. The van der Waals surface area contributed by atoms with Crippen LogP contribution in [0.15, 0.2) is 43.0 Å². The number of anilines is 1. The summed E-state index contributed by atoms with van der Waals surface area (Å²) < 4.78 is 1.69. The fourth-order valence-corrected chi connectivity index (χ4v) is 5.79. The lowest BCUT2D eigenvalue weighted by atomic mass is 9.87. The smallest absolute Gasteiger partial charge is 0.291 e. The van der Waals surface area contributed by atoms with Crippen LogP contribution < -0.4 is 5.73 Å². The van der Waals surface area contributed by atoms with Crippen molar-refractivity contribution in [2.75, 3.05) is 5.73 Å². The molecule has 2 atom stereocenters. The number of nitrogen functional groups attached to an aromatic ring is 1. The minimum absolute atomic E-state index is 0.0716. The molecule has 0 spiro atoms. The molecule has 2 aliphatic heterocycles. The monoisotopic (exact) mass is 454 g/mol. The molecule has 4 aromatic heterocycles. The van der Waals surface area contributed by atoms with E-state index < -0.39 is 0 Å². The van der Waals surface area contributed by atoms with Crippen LogP contribution in [0.4, 0.5) is 5.82 Å². The van der Waals surface area contributed by atoms with E-state index in [0.717, 1.165) is 59.1 Å². The molecule has 1 aromatic carbocycles. The van der Waals surface area contributed by atoms with E-state index >= 15 is 0 Å². The molecule has 0 radical (unpaired) electrons. The minimum atomic E-state index is -0.0716. The van der Waals surface area contributed by atoms with Gasteiger partial charge in [0.25, 0.3) is 5.91 Å². The third-order valence-electron chi connectivity index (χ3n) is 7.30. The fourth-order valence-electron chi connectivity index (χ4n) is 5.79. The average molecular weight is 454 g/mol. The van der Waals surface area contributed by atoms with E-state index in [1.54, 1.807) is 4.52 Å². The number of nitrogens with two attached hydrogens (primary N) is 1. The van der Waals surface area contributed by atoms with Crippen molar-refractivity contribution in [2.45, 2.75) is 43.7 Å². The highest BCUT2D eigenvalue weighted by atomic mass is 16.2. The van der Waals surface area contributed by atoms with Gasteiger partial charge >= 0.3 is 0 Å². The number of H-pyrrole nitrogens is 2. The van der Waals surface area contributed by atoms with Gasteiger partial charge in [0, 0.05) is 40.7 Å². The molecule has 6 heterocycles. The molecule has 2 fully saturated rings. The summed E-state index contributed by atoms with van der Waals surface area (Å²) in [6.45, 7) is 0. The highest BCUT2D eigenvalue weighted by Crippen LogP contribution is 2.44. The van der Waals surface area contributed by atoms with Gasteiger partial charge < -0.3 is 10.6 Å². The Hall–Kier alpha value is -4.28. The second kappa shape index (κ2) is 7.11. The van der Waals surface area contributed by atoms with Crippen LogP contribution in [-0.4, -0.2) is 62.9 Å². The van der Waals surface area contributed by atoms with Gasteiger partial charge in [-0.3, -0.25) is 15.0 Å². The molecule has 0 aliphatic carbocycles. The maximum Gasteiger partial charge on any atom is 0.291 e. The predicted octanol–water partition coefficient (Wildman–Crippen LogP) is 2.52. The fraction of sp³-hybridized carbons (Fsp3) is 0.304. The normalized spacial score (nSPS) is 22.1. The number of nitrogens with one attached hydrogen (secondary N) is 2. The summed E-state index contributed by atoms with van der Waals surface area (Å²) in [5.74, 6) is 1.00. The molecule has 11 heteroatoms. The van der Waals surface area contributed by atoms with E-state index in [0.29, 0.717) is 11.6 Å². The first kappa shape index (κ1) is 19.2. The Kier molecular flexibility index (Phi) is 4.02. The first-order valence-electron chi connectivity index (χ1n) is 11.4. The second-order valence-corrected chi connectivity index (χ2v) is 9.14. The number of hydrogen-bond donors (Lipinski definition) is 3. The molecule has 170 valence electrons. The Morgan fingerprint density at radius 2 is 1.91 bits per heavy atom. The zero-order valence-corrected chi connectivity index (χ0v) is 18.2. The van der Waals surface area contributed by atoms with E-state index in [4.69, 9.17) is 10.7 Å². The number of rotatable bonds is 3. The molecule has 34 heavy (non-hydrogen) atoms. The topological polar surface area (TPSA) is 147 Å². The molecule has 4 N–H and O–H groups in total. The zero-order chi connectivity index (χ0) is 22.8. The quantitative estimate of drug-likeness (QED) is 0.379. The summed E-state index contributed by atoms with van der Waals surface area (Å²) in [6.07, 6.45) is 8.67. The van der Waals surface area contributed by atoms with Gasteiger partial charge in [0.2, 0.25) is 5.82 Å². The lowest BCUT2D eigenvalue weighted by Crippen LogP contribution is -2.46. The summed E-state index contributed by atoms with van der Waals surface area (Å²) >= 11 is 0. The lowest BCUT2D eigenvalue weighted by Gasteiger charge is -2.38. The van der Waals surface area contributed by atoms with Crippen molar-refractivity contribution < 1.29 is 4.79 Å². The number of aromatic nitrogens is 8. The Bertz CT molecular complexity index is 1520. The molecular formula is C23H22N10O. The van der Waals surface area contributed by atoms with Crippen molar-refractivity contribution in [1.29, 1.82) is 0 Å². The van der Waals surface area contributed by atoms with Crippen molar-refractivity contribution in [3.8, 4) is 11.1 Å². The number of fused-ring (bicyclic) bond motifs is 4. The van der Waals surface area contributed by atoms with Crippen molar-refractivity contribution in [2.24, 2.45) is 0 Å². The molecule has 11 nitrogen and oxygen atoms in total. The first-order chi connectivity index (χ1) is 16.7. The third kappa shape index (κ3) is 2.76. The van der Waals surface area contributed by atoms with Gasteiger partial charge in [0.15, 0.2) is 5.65 Å². The first-order valence-corrected chi connectivity index (χ1v) is 11.4. The molecule has 7 rings (SSSR count). The molecule has 2 bridgehead atoms. The summed E-state index contributed by atoms with van der Waals surface area (Å²) in [6, 6.07) is 8.28. The highest BCUT2D eigenvalue weighted by molar-refractivity contribution is 5.97. The molecule has 2 saturated heterocycles. The highest BCUT2D eigenvalue weighted by Gasteiger charge is 2.45. The van der Waals surface area contributed by atoms with E-state index in [1.165, 1.54) is 6.33 Å². The number of carbonyl (C=O) groups excluding carboxylic acids is 1. The van der Waals surface area contributed by atoms with E-state index in [9.17, 15) is 4.79 Å². The Morgan fingerprint density at radius 1 is 1.06 bits per heavy atom. The van der Waals surface area contributed by atoms with Crippen LogP contribution in [0.3, 0.4) is 0 Å². The number of carbonyl (C=O) groups is 1. The van der Waals surface area contributed by atoms with Crippen LogP contribution in [0.5, 0.6) is 0 Å². The number of piperidine rings is 1. The van der Waals surface area contributed by atoms with Gasteiger partial charge in [-0.05, 0) is 37.3 Å². The summed E-state index contributed by atoms with van der Waals surface area (Å²) in [5.41, 5.74) is 11.0. The van der Waals surface area contributed by atoms with Crippen LogP contribution in [0.1, 0.15) is 47.9 Å². The van der Waals surface area contributed by atoms with Crippen LogP contribution >= 0.6 is 0 Å². The van der Waals surface area contributed by atoms with Crippen molar-refractivity contribution in [3.63, 3.8) is 0 Å². The Labute approximate surface area is 193 Å². The molecule has 5 aromatic rings. The van der Waals surface area contributed by atoms with Crippen molar-refractivity contribution in [3.05, 3.63) is 54.5 Å². The molecule has 2 aliphatic rings. The van der Waals surface area contributed by atoms with Gasteiger partial charge in [-0.1, -0.05) is 12.1 Å². The van der Waals surface area contributed by atoms with Crippen LogP contribution in [0.2, 0.25) is 0 Å². The minimum Gasteiger partial charge on any atom is -0.384 e. The van der Waals surface area contributed by atoms with Gasteiger partial charge in [-0.25, -0.2) is 9.97 Å². The summed E-state index contributed by atoms with van der Waals surface area (Å²) in [5, 5.41) is 19.3. The predicted molar refractivity (Wildman–Crippen MR) is 124 cm³/mol. The maximum atomic E-state index is 13.0. The molecule has 2 unspecified atom stereocenters. The molecular weight excluding hydrogens is 432 g/mol. The third-order valence-corrected chi connectivity index (χ3v) is 7.30. The number of benzene rings is 1. The summed E-state index contributed by atoms with van der Waals surface area (Å²) in [4.78, 5) is 24.1. The number of nitrogens with zero attached hydrogens (tertiary/aromatic N) is 7. The van der Waals surface area contributed by atoms with Gasteiger partial charge in [0.05, 0.1) is 17.9 Å². The molecule has 1 amide bonds. The van der Waals surface area contributed by atoms with Crippen LogP contribution in [0.25, 0.3) is 27.7 Å². The number of amides is 1. The van der Waals surface area contributed by atoms with Gasteiger partial charge in [-0.2, -0.15) is 19.8 Å². The van der Waals surface area contributed by atoms with Gasteiger partial charge in [-0.15, -0.1) is 0 Å². The number of aromatic amines is 2. The van der Waals surface area contributed by atoms with Crippen LogP contribution in [-0.2, 0) is 0 Å². The molecule has 0 saturated carbocycles. The summed E-state index contributed by atoms with van der Waals surface area (Å²) in [7, 11) is 0. The lowest BCUT2D eigenvalue weighted by molar-refractivity contribution is 0.0557. The standard InChI is InChI=1S/C23H22N10O/c24-20-8-19(12-6-13-4-5-14(7-12)32(13)23(34)21-25-11-27-31-21)29-22-17(10-28-33(20)22)15-2-1-3-18-16(15)9-26-30-18/h1-3,8-14H,4-7,24H2,(H,26,30)(H,25,27,31). The van der Waals surface area contributed by atoms with Gasteiger partial charge in [0.1, 0.15) is 12.1 Å². The second-order valence-electron chi connectivity index (χ2n) is 9.14. The van der Waals surface area contributed by atoms with Crippen molar-refractivity contribution in [1.82, 2.24) is 44.9 Å². The maximum absolute atomic E-state index is 13.0. The van der Waals surface area contributed by atoms with Crippen LogP contribution in [0, 0.1) is 0 Å². The van der Waals surface area contributed by atoms with E-state index in [-0.39, 0.29) is 23.9 Å². The van der Waals surface area contributed by atoms with Crippen molar-refractivity contribution >= 4 is 28.3 Å². The average Bonchev–Trinajstić information content (AvgIpc) is 3.64. The van der Waals surface area contributed by atoms with E-state index in [1.807, 2.05) is 41.6 Å². The zero-order valence-electron chi connectivity index (χ0n) is 18.2. The Balaban J connectivity index is 1.26. The van der Waals surface area contributed by atoms with E-state index in [2.05, 4.69) is 30.5 Å². The largest absolute Gasteiger partial charge is 0.384 e. The Morgan fingerprint density at radius 3 is 2.71 bits per heavy atom.